The van der Waals surface area contributed by atoms with Gasteiger partial charge in [0, 0.05) is 11.6 Å². The summed E-state index contributed by atoms with van der Waals surface area (Å²) in [5, 5.41) is 1.60. The van der Waals surface area contributed by atoms with Gasteiger partial charge >= 0.3 is 0 Å². The number of benzene rings is 2. The van der Waals surface area contributed by atoms with Gasteiger partial charge in [-0.3, -0.25) is 0 Å². The van der Waals surface area contributed by atoms with Gasteiger partial charge in [-0.25, -0.2) is 4.98 Å². The normalized spacial score (nSPS) is 12.5. The van der Waals surface area contributed by atoms with Crippen molar-refractivity contribution in [2.24, 2.45) is 0 Å². The maximum absolute atomic E-state index is 14.0. The first kappa shape index (κ1) is 9.77. The van der Waals surface area contributed by atoms with Crippen molar-refractivity contribution in [2.75, 3.05) is 0 Å². The first-order valence-corrected chi connectivity index (χ1v) is 5.99. The predicted molar refractivity (Wildman–Crippen MR) is 69.9 cm³/mol. The third-order valence-corrected chi connectivity index (χ3v) is 3.67. The first-order valence-electron chi connectivity index (χ1n) is 5.99. The molecule has 0 unspecified atom stereocenters. The van der Waals surface area contributed by atoms with E-state index in [0.717, 1.165) is 22.9 Å². The van der Waals surface area contributed by atoms with E-state index in [4.69, 9.17) is 0 Å². The molecule has 2 aromatic carbocycles. The van der Waals surface area contributed by atoms with Gasteiger partial charge in [0.05, 0.1) is 0 Å². The zero-order valence-electron chi connectivity index (χ0n) is 9.65. The molecule has 1 aliphatic rings. The molecule has 2 heteroatoms. The number of rotatable bonds is 0. The maximum Gasteiger partial charge on any atom is 0.221 e. The molecular formula is C16H10FN. The summed E-state index contributed by atoms with van der Waals surface area (Å²) in [6.45, 7) is 0. The molecule has 18 heavy (non-hydrogen) atoms. The monoisotopic (exact) mass is 235 g/mol. The van der Waals surface area contributed by atoms with E-state index in [9.17, 15) is 4.39 Å². The second-order valence-corrected chi connectivity index (χ2v) is 4.63. The highest BCUT2D eigenvalue weighted by Gasteiger charge is 2.21. The lowest BCUT2D eigenvalue weighted by molar-refractivity contribution is 0.596. The maximum atomic E-state index is 14.0. The Morgan fingerprint density at radius 1 is 0.944 bits per heavy atom. The third kappa shape index (κ3) is 1.17. The van der Waals surface area contributed by atoms with Crippen LogP contribution in [0.15, 0.2) is 48.7 Å². The second-order valence-electron chi connectivity index (χ2n) is 4.63. The van der Waals surface area contributed by atoms with Crippen molar-refractivity contribution in [2.45, 2.75) is 6.42 Å². The summed E-state index contributed by atoms with van der Waals surface area (Å²) < 4.78 is 14.0. The van der Waals surface area contributed by atoms with Crippen molar-refractivity contribution in [3.63, 3.8) is 0 Å². The Morgan fingerprint density at radius 2 is 1.83 bits per heavy atom. The summed E-state index contributed by atoms with van der Waals surface area (Å²) in [5.41, 5.74) is 4.70. The van der Waals surface area contributed by atoms with Crippen molar-refractivity contribution < 1.29 is 4.39 Å². The fraction of sp³-hybridized carbons (Fsp3) is 0.0625. The fourth-order valence-electron chi connectivity index (χ4n) is 2.86. The minimum Gasteiger partial charge on any atom is -0.228 e. The van der Waals surface area contributed by atoms with Gasteiger partial charge in [0.2, 0.25) is 5.95 Å². The Hall–Kier alpha value is -2.22. The van der Waals surface area contributed by atoms with E-state index in [1.165, 1.54) is 17.3 Å². The van der Waals surface area contributed by atoms with E-state index >= 15 is 0 Å². The summed E-state index contributed by atoms with van der Waals surface area (Å²) in [6, 6.07) is 14.2. The number of hydrogen-bond acceptors (Lipinski definition) is 1. The fourth-order valence-corrected chi connectivity index (χ4v) is 2.86. The summed E-state index contributed by atoms with van der Waals surface area (Å²) >= 11 is 0. The molecule has 1 nitrogen and oxygen atoms in total. The van der Waals surface area contributed by atoms with Gasteiger partial charge in [0.25, 0.3) is 0 Å². The lowest BCUT2D eigenvalue weighted by Gasteiger charge is -2.05. The Balaban J connectivity index is 2.13. The molecule has 1 aromatic heterocycles. The molecule has 0 aliphatic heterocycles. The van der Waals surface area contributed by atoms with Crippen LogP contribution in [0.1, 0.15) is 11.1 Å². The number of halogens is 1. The molecule has 0 amide bonds. The minimum atomic E-state index is -0.364. The molecule has 1 heterocycles. The topological polar surface area (TPSA) is 12.9 Å². The Labute approximate surface area is 104 Å². The summed E-state index contributed by atoms with van der Waals surface area (Å²) in [6.07, 6.45) is 2.32. The van der Waals surface area contributed by atoms with Gasteiger partial charge in [-0.05, 0) is 40.1 Å². The standard InChI is InChI=1S/C16H10FN/c17-16-15-10(7-8-18-16)5-6-13-12-4-2-1-3-11(12)9-14(13)15/h1-8H,9H2. The molecule has 3 aromatic rings. The van der Waals surface area contributed by atoms with Crippen LogP contribution in [0.5, 0.6) is 0 Å². The molecule has 0 atom stereocenters. The molecule has 1 aliphatic carbocycles. The summed E-state index contributed by atoms with van der Waals surface area (Å²) in [7, 11) is 0. The number of nitrogens with zero attached hydrogens (tertiary/aromatic N) is 1. The third-order valence-electron chi connectivity index (χ3n) is 3.67. The van der Waals surface area contributed by atoms with E-state index in [1.807, 2.05) is 24.3 Å². The largest absolute Gasteiger partial charge is 0.228 e. The summed E-state index contributed by atoms with van der Waals surface area (Å²) in [5.74, 6) is -0.364. The van der Waals surface area contributed by atoms with Crippen molar-refractivity contribution in [3.8, 4) is 11.1 Å². The first-order chi connectivity index (χ1) is 8.84. The van der Waals surface area contributed by atoms with E-state index < -0.39 is 0 Å². The zero-order chi connectivity index (χ0) is 12.1. The number of aromatic nitrogens is 1. The van der Waals surface area contributed by atoms with Crippen LogP contribution in [0.3, 0.4) is 0 Å². The van der Waals surface area contributed by atoms with Crippen molar-refractivity contribution >= 4 is 10.8 Å². The van der Waals surface area contributed by atoms with E-state index in [0.29, 0.717) is 5.39 Å². The SMILES string of the molecule is Fc1nccc2ccc3c(c12)Cc1ccccc1-3. The van der Waals surface area contributed by atoms with Crippen LogP contribution in [-0.4, -0.2) is 4.98 Å². The van der Waals surface area contributed by atoms with Crippen LogP contribution in [0.4, 0.5) is 4.39 Å². The number of hydrogen-bond donors (Lipinski definition) is 0. The highest BCUT2D eigenvalue weighted by molar-refractivity contribution is 5.94. The average molecular weight is 235 g/mol. The molecule has 0 radical (unpaired) electrons. The number of fused-ring (bicyclic) bond motifs is 5. The van der Waals surface area contributed by atoms with Gasteiger partial charge in [-0.2, -0.15) is 4.39 Å². The van der Waals surface area contributed by atoms with Crippen LogP contribution in [0.2, 0.25) is 0 Å². The molecule has 0 fully saturated rings. The van der Waals surface area contributed by atoms with Crippen molar-refractivity contribution in [1.82, 2.24) is 4.98 Å². The van der Waals surface area contributed by atoms with Crippen LogP contribution >= 0.6 is 0 Å². The Bertz CT molecular complexity index is 777. The zero-order valence-corrected chi connectivity index (χ0v) is 9.65. The van der Waals surface area contributed by atoms with Gasteiger partial charge < -0.3 is 0 Å². The molecule has 0 saturated carbocycles. The van der Waals surface area contributed by atoms with E-state index in [1.54, 1.807) is 0 Å². The molecular weight excluding hydrogens is 225 g/mol. The second kappa shape index (κ2) is 3.39. The van der Waals surface area contributed by atoms with Crippen LogP contribution in [-0.2, 0) is 6.42 Å². The van der Waals surface area contributed by atoms with Gasteiger partial charge in [-0.15, -0.1) is 0 Å². The van der Waals surface area contributed by atoms with Crippen LogP contribution < -0.4 is 0 Å². The minimum absolute atomic E-state index is 0.364. The Kier molecular flexibility index (Phi) is 1.84. The van der Waals surface area contributed by atoms with Crippen molar-refractivity contribution in [3.05, 3.63) is 65.7 Å². The molecule has 0 spiro atoms. The lowest BCUT2D eigenvalue weighted by atomic mass is 10.0. The highest BCUT2D eigenvalue weighted by atomic mass is 19.1. The van der Waals surface area contributed by atoms with Gasteiger partial charge in [0.15, 0.2) is 0 Å². The predicted octanol–water partition coefficient (Wildman–Crippen LogP) is 3.95. The molecule has 0 bridgehead atoms. The van der Waals surface area contributed by atoms with Crippen LogP contribution in [0.25, 0.3) is 21.9 Å². The van der Waals surface area contributed by atoms with Gasteiger partial charge in [0.1, 0.15) is 0 Å². The molecule has 0 N–H and O–H groups in total. The highest BCUT2D eigenvalue weighted by Crippen LogP contribution is 2.40. The molecule has 86 valence electrons. The molecule has 4 rings (SSSR count). The smallest absolute Gasteiger partial charge is 0.221 e. The van der Waals surface area contributed by atoms with Crippen LogP contribution in [0, 0.1) is 5.95 Å². The lowest BCUT2D eigenvalue weighted by Crippen LogP contribution is -1.90. The Morgan fingerprint density at radius 3 is 2.78 bits per heavy atom. The average Bonchev–Trinajstić information content (AvgIpc) is 2.77. The number of pyridine rings is 1. The van der Waals surface area contributed by atoms with E-state index in [2.05, 4.69) is 23.2 Å². The van der Waals surface area contributed by atoms with Gasteiger partial charge in [-0.1, -0.05) is 36.4 Å². The molecule has 0 saturated heterocycles. The van der Waals surface area contributed by atoms with E-state index in [-0.39, 0.29) is 5.95 Å². The quantitative estimate of drug-likeness (QED) is 0.421. The summed E-state index contributed by atoms with van der Waals surface area (Å²) in [4.78, 5) is 3.78. The van der Waals surface area contributed by atoms with Crippen molar-refractivity contribution in [1.29, 1.82) is 0 Å².